The lowest BCUT2D eigenvalue weighted by molar-refractivity contribution is 0.0191. The van der Waals surface area contributed by atoms with Gasteiger partial charge in [0.1, 0.15) is 0 Å². The van der Waals surface area contributed by atoms with E-state index in [2.05, 4.69) is 53.0 Å². The molecule has 0 radical (unpaired) electrons. The average molecular weight is 284 g/mol. The van der Waals surface area contributed by atoms with Gasteiger partial charge in [0.2, 0.25) is 0 Å². The standard InChI is InChI=1S/C21H32/c1-7-20(5)12-11-17-16(14-20)8-9-18-19(3,4)15(2)10-13-21(17,18)6/h7,11,16,18H,1-2,8-10,12-14H2,3-6H3. The largest absolute Gasteiger partial charge is 0.103 e. The van der Waals surface area contributed by atoms with Gasteiger partial charge in [-0.15, -0.1) is 6.58 Å². The van der Waals surface area contributed by atoms with Gasteiger partial charge in [-0.3, -0.25) is 0 Å². The maximum atomic E-state index is 4.40. The summed E-state index contributed by atoms with van der Waals surface area (Å²) in [5.74, 6) is 1.58. The molecule has 2 fully saturated rings. The zero-order valence-corrected chi connectivity index (χ0v) is 14.5. The van der Waals surface area contributed by atoms with Gasteiger partial charge in [0, 0.05) is 0 Å². The second-order valence-corrected chi connectivity index (χ2v) is 9.00. The van der Waals surface area contributed by atoms with Crippen molar-refractivity contribution in [3.63, 3.8) is 0 Å². The summed E-state index contributed by atoms with van der Waals surface area (Å²) in [6, 6.07) is 0. The van der Waals surface area contributed by atoms with Crippen LogP contribution in [0.25, 0.3) is 0 Å². The molecule has 3 rings (SSSR count). The Morgan fingerprint density at radius 2 is 1.90 bits per heavy atom. The van der Waals surface area contributed by atoms with E-state index in [0.29, 0.717) is 16.2 Å². The SMILES string of the molecule is C=CC1(C)CC=C2C(CCC3C(C)(C)C(=C)CCC23C)C1. The molecule has 0 saturated heterocycles. The summed E-state index contributed by atoms with van der Waals surface area (Å²) in [5.41, 5.74) is 4.31. The molecule has 116 valence electrons. The molecule has 4 atom stereocenters. The first-order valence-electron chi connectivity index (χ1n) is 8.75. The topological polar surface area (TPSA) is 0 Å². The maximum Gasteiger partial charge on any atom is -0.00742 e. The van der Waals surface area contributed by atoms with Crippen molar-refractivity contribution in [2.24, 2.45) is 28.1 Å². The molecule has 0 aromatic heterocycles. The van der Waals surface area contributed by atoms with Gasteiger partial charge < -0.3 is 0 Å². The molecule has 21 heavy (non-hydrogen) atoms. The Balaban J connectivity index is 1.99. The first-order chi connectivity index (χ1) is 9.73. The van der Waals surface area contributed by atoms with Crippen LogP contribution in [0.5, 0.6) is 0 Å². The minimum Gasteiger partial charge on any atom is -0.103 e. The molecule has 3 aliphatic carbocycles. The van der Waals surface area contributed by atoms with E-state index in [1.165, 1.54) is 44.1 Å². The summed E-state index contributed by atoms with van der Waals surface area (Å²) < 4.78 is 0. The van der Waals surface area contributed by atoms with Gasteiger partial charge >= 0.3 is 0 Å². The number of hydrogen-bond donors (Lipinski definition) is 0. The zero-order chi connectivity index (χ0) is 15.5. The van der Waals surface area contributed by atoms with Gasteiger partial charge in [0.05, 0.1) is 0 Å². The highest BCUT2D eigenvalue weighted by Gasteiger charge is 2.54. The summed E-state index contributed by atoms with van der Waals surface area (Å²) in [7, 11) is 0. The number of rotatable bonds is 1. The van der Waals surface area contributed by atoms with Gasteiger partial charge in [-0.25, -0.2) is 0 Å². The van der Waals surface area contributed by atoms with Crippen LogP contribution in [-0.4, -0.2) is 0 Å². The highest BCUT2D eigenvalue weighted by Crippen LogP contribution is 2.64. The molecule has 0 heteroatoms. The minimum absolute atomic E-state index is 0.304. The van der Waals surface area contributed by atoms with Gasteiger partial charge in [-0.05, 0) is 66.6 Å². The molecule has 0 aliphatic heterocycles. The Hall–Kier alpha value is -0.780. The van der Waals surface area contributed by atoms with Crippen LogP contribution in [-0.2, 0) is 0 Å². The van der Waals surface area contributed by atoms with E-state index in [1.54, 1.807) is 5.57 Å². The van der Waals surface area contributed by atoms with Crippen molar-refractivity contribution in [1.29, 1.82) is 0 Å². The Morgan fingerprint density at radius 1 is 1.19 bits per heavy atom. The van der Waals surface area contributed by atoms with Crippen molar-refractivity contribution < 1.29 is 0 Å². The molecule has 0 spiro atoms. The lowest BCUT2D eigenvalue weighted by Gasteiger charge is -2.59. The van der Waals surface area contributed by atoms with Crippen LogP contribution in [0, 0.1) is 28.1 Å². The summed E-state index contributed by atoms with van der Waals surface area (Å²) in [5, 5.41) is 0. The molecule has 0 amide bonds. The van der Waals surface area contributed by atoms with Crippen LogP contribution in [0.2, 0.25) is 0 Å². The van der Waals surface area contributed by atoms with Crippen LogP contribution in [0.3, 0.4) is 0 Å². The van der Waals surface area contributed by atoms with E-state index in [-0.39, 0.29) is 0 Å². The Morgan fingerprint density at radius 3 is 2.57 bits per heavy atom. The second kappa shape index (κ2) is 4.61. The van der Waals surface area contributed by atoms with Gasteiger partial charge in [0.15, 0.2) is 0 Å². The molecular formula is C21H32. The van der Waals surface area contributed by atoms with Crippen molar-refractivity contribution in [3.8, 4) is 0 Å². The quantitative estimate of drug-likeness (QED) is 0.495. The molecule has 0 aromatic rings. The van der Waals surface area contributed by atoms with Gasteiger partial charge in [-0.2, -0.15) is 0 Å². The van der Waals surface area contributed by atoms with Crippen LogP contribution >= 0.6 is 0 Å². The lowest BCUT2D eigenvalue weighted by atomic mass is 9.45. The van der Waals surface area contributed by atoms with E-state index in [9.17, 15) is 0 Å². The van der Waals surface area contributed by atoms with E-state index in [4.69, 9.17) is 0 Å². The van der Waals surface area contributed by atoms with Crippen LogP contribution in [0.15, 0.2) is 36.5 Å². The van der Waals surface area contributed by atoms with E-state index < -0.39 is 0 Å². The maximum absolute atomic E-state index is 4.40. The molecule has 0 heterocycles. The van der Waals surface area contributed by atoms with Gasteiger partial charge in [0.25, 0.3) is 0 Å². The fraction of sp³-hybridized carbons (Fsp3) is 0.714. The number of allylic oxidation sites excluding steroid dienone is 4. The Kier molecular flexibility index (Phi) is 3.32. The van der Waals surface area contributed by atoms with Gasteiger partial charge in [-0.1, -0.05) is 57.6 Å². The molecule has 0 aromatic carbocycles. The van der Waals surface area contributed by atoms with E-state index >= 15 is 0 Å². The first kappa shape index (κ1) is 15.1. The zero-order valence-electron chi connectivity index (χ0n) is 14.5. The van der Waals surface area contributed by atoms with Crippen molar-refractivity contribution in [1.82, 2.24) is 0 Å². The van der Waals surface area contributed by atoms with Crippen molar-refractivity contribution in [2.75, 3.05) is 0 Å². The number of fused-ring (bicyclic) bond motifs is 3. The highest BCUT2D eigenvalue weighted by atomic mass is 14.6. The Bertz CT molecular complexity index is 506. The molecule has 0 bridgehead atoms. The van der Waals surface area contributed by atoms with Crippen LogP contribution < -0.4 is 0 Å². The highest BCUT2D eigenvalue weighted by molar-refractivity contribution is 5.31. The van der Waals surface area contributed by atoms with E-state index in [1.807, 2.05) is 0 Å². The normalized spacial score (nSPS) is 45.3. The molecule has 0 N–H and O–H groups in total. The summed E-state index contributed by atoms with van der Waals surface area (Å²) in [4.78, 5) is 0. The predicted octanol–water partition coefficient (Wildman–Crippen LogP) is 6.31. The third-order valence-corrected chi connectivity index (χ3v) is 7.39. The predicted molar refractivity (Wildman–Crippen MR) is 92.1 cm³/mol. The van der Waals surface area contributed by atoms with Crippen molar-refractivity contribution in [2.45, 2.75) is 66.2 Å². The summed E-state index contributed by atoms with van der Waals surface area (Å²) >= 11 is 0. The summed E-state index contributed by atoms with van der Waals surface area (Å²) in [6.07, 6.45) is 12.6. The Labute approximate surface area is 131 Å². The monoisotopic (exact) mass is 284 g/mol. The smallest absolute Gasteiger partial charge is 0.00742 e. The molecule has 4 unspecified atom stereocenters. The summed E-state index contributed by atoms with van der Waals surface area (Å²) in [6.45, 7) is 18.3. The fourth-order valence-electron chi connectivity index (χ4n) is 5.73. The van der Waals surface area contributed by atoms with Crippen molar-refractivity contribution >= 4 is 0 Å². The number of hydrogen-bond acceptors (Lipinski definition) is 0. The fourth-order valence-corrected chi connectivity index (χ4v) is 5.73. The van der Waals surface area contributed by atoms with Crippen LogP contribution in [0.1, 0.15) is 66.2 Å². The third kappa shape index (κ3) is 2.09. The average Bonchev–Trinajstić information content (AvgIpc) is 2.43. The van der Waals surface area contributed by atoms with Crippen molar-refractivity contribution in [3.05, 3.63) is 36.5 Å². The van der Waals surface area contributed by atoms with Crippen LogP contribution in [0.4, 0.5) is 0 Å². The molecule has 0 nitrogen and oxygen atoms in total. The molecule has 3 aliphatic rings. The molecular weight excluding hydrogens is 252 g/mol. The third-order valence-electron chi connectivity index (χ3n) is 7.39. The minimum atomic E-state index is 0.304. The first-order valence-corrected chi connectivity index (χ1v) is 8.75. The van der Waals surface area contributed by atoms with E-state index in [0.717, 1.165) is 11.8 Å². The second-order valence-electron chi connectivity index (χ2n) is 9.00. The lowest BCUT2D eigenvalue weighted by Crippen LogP contribution is -2.49. The molecule has 2 saturated carbocycles.